The summed E-state index contributed by atoms with van der Waals surface area (Å²) in [7, 11) is 0. The van der Waals surface area contributed by atoms with E-state index in [1.807, 2.05) is 0 Å². The molecule has 0 unspecified atom stereocenters. The molecule has 2 aliphatic rings. The lowest BCUT2D eigenvalue weighted by atomic mass is 9.82. The lowest BCUT2D eigenvalue weighted by molar-refractivity contribution is 0.0444. The maximum Gasteiger partial charge on any atom is 0.0642 e. The normalized spacial score (nSPS) is 29.1. The van der Waals surface area contributed by atoms with Gasteiger partial charge in [0, 0.05) is 24.2 Å². The van der Waals surface area contributed by atoms with Crippen molar-refractivity contribution in [2.45, 2.75) is 34.1 Å². The average molecular weight is 209 g/mol. The van der Waals surface area contributed by atoms with E-state index in [1.165, 1.54) is 12.1 Å². The molecule has 0 aromatic rings. The maximum absolute atomic E-state index is 5.41. The van der Waals surface area contributed by atoms with Gasteiger partial charge in [-0.3, -0.25) is 0 Å². The lowest BCUT2D eigenvalue weighted by Crippen LogP contribution is -2.38. The fraction of sp³-hybridized carbons (Fsp3) is 0.846. The Morgan fingerprint density at radius 2 is 1.73 bits per heavy atom. The highest BCUT2D eigenvalue weighted by Gasteiger charge is 2.40. The van der Waals surface area contributed by atoms with Crippen molar-refractivity contribution in [2.75, 3.05) is 26.3 Å². The first kappa shape index (κ1) is 11.0. The number of hydrogen-bond donors (Lipinski definition) is 0. The van der Waals surface area contributed by atoms with Crippen molar-refractivity contribution in [3.63, 3.8) is 0 Å². The number of nitrogens with zero attached hydrogens (tertiary/aromatic N) is 1. The molecule has 0 radical (unpaired) electrons. The van der Waals surface area contributed by atoms with Gasteiger partial charge < -0.3 is 9.64 Å². The van der Waals surface area contributed by atoms with Crippen molar-refractivity contribution < 1.29 is 4.74 Å². The molecule has 0 saturated carbocycles. The van der Waals surface area contributed by atoms with Crippen LogP contribution in [-0.2, 0) is 4.74 Å². The number of morpholine rings is 1. The highest BCUT2D eigenvalue weighted by molar-refractivity contribution is 5.23. The minimum atomic E-state index is 0.334. The summed E-state index contributed by atoms with van der Waals surface area (Å²) in [6.07, 6.45) is 3.73. The predicted molar refractivity (Wildman–Crippen MR) is 62.7 cm³/mol. The minimum Gasteiger partial charge on any atom is -0.378 e. The highest BCUT2D eigenvalue weighted by atomic mass is 16.5. The monoisotopic (exact) mass is 209 g/mol. The second-order valence-corrected chi connectivity index (χ2v) is 6.18. The number of ether oxygens (including phenoxy) is 1. The van der Waals surface area contributed by atoms with Gasteiger partial charge in [-0.15, -0.1) is 0 Å². The first-order chi connectivity index (χ1) is 6.91. The van der Waals surface area contributed by atoms with Crippen molar-refractivity contribution in [1.29, 1.82) is 0 Å². The van der Waals surface area contributed by atoms with Crippen LogP contribution < -0.4 is 0 Å². The summed E-state index contributed by atoms with van der Waals surface area (Å²) in [6, 6.07) is 0. The smallest absolute Gasteiger partial charge is 0.0642 e. The van der Waals surface area contributed by atoms with Gasteiger partial charge in [-0.2, -0.15) is 0 Å². The van der Waals surface area contributed by atoms with Crippen molar-refractivity contribution in [1.82, 2.24) is 4.90 Å². The van der Waals surface area contributed by atoms with Crippen LogP contribution in [0.1, 0.15) is 34.1 Å². The summed E-state index contributed by atoms with van der Waals surface area (Å²) in [5.74, 6) is 0. The Kier molecular flexibility index (Phi) is 2.58. The van der Waals surface area contributed by atoms with Gasteiger partial charge in [0.15, 0.2) is 0 Å². The molecule has 15 heavy (non-hydrogen) atoms. The third-order valence-corrected chi connectivity index (χ3v) is 3.47. The molecular formula is C13H23NO. The Hall–Kier alpha value is -0.500. The quantitative estimate of drug-likeness (QED) is 0.658. The highest BCUT2D eigenvalue weighted by Crippen LogP contribution is 2.48. The topological polar surface area (TPSA) is 12.5 Å². The zero-order chi connectivity index (χ0) is 11.1. The van der Waals surface area contributed by atoms with E-state index >= 15 is 0 Å². The van der Waals surface area contributed by atoms with E-state index < -0.39 is 0 Å². The number of hydrogen-bond acceptors (Lipinski definition) is 2. The van der Waals surface area contributed by atoms with Crippen molar-refractivity contribution in [3.8, 4) is 0 Å². The molecule has 0 aromatic carbocycles. The van der Waals surface area contributed by atoms with Crippen molar-refractivity contribution >= 4 is 0 Å². The second-order valence-electron chi connectivity index (χ2n) is 6.18. The average Bonchev–Trinajstić information content (AvgIpc) is 2.36. The van der Waals surface area contributed by atoms with Gasteiger partial charge in [0.2, 0.25) is 0 Å². The van der Waals surface area contributed by atoms with Crippen LogP contribution in [0.3, 0.4) is 0 Å². The molecule has 1 heterocycles. The molecule has 0 atom stereocenters. The van der Waals surface area contributed by atoms with E-state index in [0.717, 1.165) is 26.3 Å². The summed E-state index contributed by atoms with van der Waals surface area (Å²) in [5, 5.41) is 0. The van der Waals surface area contributed by atoms with E-state index in [0.29, 0.717) is 10.8 Å². The standard InChI is InChI=1S/C13H23NO/c1-12(2)9-11(13(3,4)10-12)14-5-7-15-8-6-14/h9H,5-8,10H2,1-4H3. The molecule has 1 fully saturated rings. The largest absolute Gasteiger partial charge is 0.378 e. The van der Waals surface area contributed by atoms with Crippen LogP contribution in [0.15, 0.2) is 11.8 Å². The second kappa shape index (κ2) is 3.51. The summed E-state index contributed by atoms with van der Waals surface area (Å²) in [6.45, 7) is 13.3. The molecule has 2 nitrogen and oxygen atoms in total. The molecule has 2 heteroatoms. The lowest BCUT2D eigenvalue weighted by Gasteiger charge is -2.36. The van der Waals surface area contributed by atoms with Crippen LogP contribution >= 0.6 is 0 Å². The van der Waals surface area contributed by atoms with Crippen LogP contribution in [0, 0.1) is 10.8 Å². The van der Waals surface area contributed by atoms with E-state index in [-0.39, 0.29) is 0 Å². The molecule has 0 spiro atoms. The third-order valence-electron chi connectivity index (χ3n) is 3.47. The van der Waals surface area contributed by atoms with Crippen LogP contribution in [0.5, 0.6) is 0 Å². The van der Waals surface area contributed by atoms with E-state index in [4.69, 9.17) is 4.74 Å². The molecule has 1 aliphatic heterocycles. The van der Waals surface area contributed by atoms with Crippen molar-refractivity contribution in [3.05, 3.63) is 11.8 Å². The Bertz CT molecular complexity index is 272. The van der Waals surface area contributed by atoms with Gasteiger partial charge in [0.05, 0.1) is 13.2 Å². The molecular weight excluding hydrogens is 186 g/mol. The third kappa shape index (κ3) is 2.20. The molecule has 0 amide bonds. The number of allylic oxidation sites excluding steroid dienone is 2. The zero-order valence-electron chi connectivity index (χ0n) is 10.5. The van der Waals surface area contributed by atoms with Gasteiger partial charge in [-0.1, -0.05) is 33.8 Å². The van der Waals surface area contributed by atoms with Crippen molar-refractivity contribution in [2.24, 2.45) is 10.8 Å². The summed E-state index contributed by atoms with van der Waals surface area (Å²) in [5.41, 5.74) is 2.23. The van der Waals surface area contributed by atoms with Gasteiger partial charge in [-0.25, -0.2) is 0 Å². The maximum atomic E-state index is 5.41. The summed E-state index contributed by atoms with van der Waals surface area (Å²) >= 11 is 0. The zero-order valence-corrected chi connectivity index (χ0v) is 10.5. The SMILES string of the molecule is CC1(C)C=C(N2CCOCC2)C(C)(C)C1. The van der Waals surface area contributed by atoms with Crippen LogP contribution in [0.4, 0.5) is 0 Å². The Labute approximate surface area is 93.3 Å². The van der Waals surface area contributed by atoms with E-state index in [9.17, 15) is 0 Å². The van der Waals surface area contributed by atoms with E-state index in [2.05, 4.69) is 38.7 Å². The van der Waals surface area contributed by atoms with Gasteiger partial charge in [0.1, 0.15) is 0 Å². The molecule has 1 saturated heterocycles. The van der Waals surface area contributed by atoms with Crippen LogP contribution in [-0.4, -0.2) is 31.2 Å². The molecule has 2 rings (SSSR count). The molecule has 0 aromatic heterocycles. The first-order valence-corrected chi connectivity index (χ1v) is 5.97. The summed E-state index contributed by atoms with van der Waals surface area (Å²) in [4.78, 5) is 2.51. The summed E-state index contributed by atoms with van der Waals surface area (Å²) < 4.78 is 5.41. The number of rotatable bonds is 1. The molecule has 1 aliphatic carbocycles. The van der Waals surface area contributed by atoms with E-state index in [1.54, 1.807) is 0 Å². The molecule has 0 N–H and O–H groups in total. The fourth-order valence-electron chi connectivity index (χ4n) is 3.17. The fourth-order valence-corrected chi connectivity index (χ4v) is 3.17. The van der Waals surface area contributed by atoms with Gasteiger partial charge in [-0.05, 0) is 11.8 Å². The minimum absolute atomic E-state index is 0.334. The molecule has 0 bridgehead atoms. The molecule has 86 valence electrons. The van der Waals surface area contributed by atoms with Gasteiger partial charge >= 0.3 is 0 Å². The van der Waals surface area contributed by atoms with Crippen LogP contribution in [0.2, 0.25) is 0 Å². The van der Waals surface area contributed by atoms with Gasteiger partial charge in [0.25, 0.3) is 0 Å². The Morgan fingerprint density at radius 3 is 2.20 bits per heavy atom. The Balaban J connectivity index is 2.19. The predicted octanol–water partition coefficient (Wildman–Crippen LogP) is 2.66. The van der Waals surface area contributed by atoms with Crippen LogP contribution in [0.25, 0.3) is 0 Å². The first-order valence-electron chi connectivity index (χ1n) is 5.97. The Morgan fingerprint density at radius 1 is 1.13 bits per heavy atom.